The fraction of sp³-hybridized carbons (Fsp3) is 0.600. The molecule has 0 aliphatic heterocycles. The largest absolute Gasteiger partial charge is 0.462 e. The number of hydrogen-bond donors (Lipinski definition) is 1. The Labute approximate surface area is 154 Å². The maximum absolute atomic E-state index is 12.5. The van der Waals surface area contributed by atoms with Gasteiger partial charge in [0.1, 0.15) is 5.00 Å². The monoisotopic (exact) mass is 363 g/mol. The van der Waals surface area contributed by atoms with Crippen molar-refractivity contribution in [1.29, 1.82) is 0 Å². The Morgan fingerprint density at radius 1 is 1.36 bits per heavy atom. The molecule has 4 nitrogen and oxygen atoms in total. The zero-order chi connectivity index (χ0) is 18.6. The zero-order valence-corrected chi connectivity index (χ0v) is 16.7. The van der Waals surface area contributed by atoms with Crippen molar-refractivity contribution < 1.29 is 14.3 Å². The Hall–Kier alpha value is -1.62. The first-order valence-electron chi connectivity index (χ1n) is 9.09. The summed E-state index contributed by atoms with van der Waals surface area (Å²) in [5.41, 5.74) is 1.91. The molecule has 25 heavy (non-hydrogen) atoms. The van der Waals surface area contributed by atoms with Gasteiger partial charge < -0.3 is 10.1 Å². The summed E-state index contributed by atoms with van der Waals surface area (Å²) in [7, 11) is 0. The molecule has 1 amide bonds. The third-order valence-corrected chi connectivity index (χ3v) is 6.49. The number of nitrogens with one attached hydrogen (secondary N) is 1. The molecule has 5 heteroatoms. The third-order valence-electron chi connectivity index (χ3n) is 5.32. The standard InChI is InChI=1S/C20H29NO3S/c1-6-9-16(22)21-18-17(19(23)24-8-3)14-11-10-13(12-15(14)25-18)20(4,5)7-2/h6,9,13H,7-8,10-12H2,1-5H3,(H,21,22)/b9-6+/t13-/m0/s1. The summed E-state index contributed by atoms with van der Waals surface area (Å²) in [6.45, 7) is 10.8. The van der Waals surface area contributed by atoms with Gasteiger partial charge in [0.2, 0.25) is 5.91 Å². The fourth-order valence-electron chi connectivity index (χ4n) is 3.35. The predicted molar refractivity (Wildman–Crippen MR) is 103 cm³/mol. The number of ether oxygens (including phenoxy) is 1. The number of rotatable bonds is 6. The van der Waals surface area contributed by atoms with Crippen LogP contribution in [0.3, 0.4) is 0 Å². The van der Waals surface area contributed by atoms with Gasteiger partial charge in [-0.1, -0.05) is 33.3 Å². The van der Waals surface area contributed by atoms with Crippen LogP contribution in [-0.4, -0.2) is 18.5 Å². The Kier molecular flexibility index (Phi) is 6.44. The lowest BCUT2D eigenvalue weighted by atomic mass is 9.69. The molecule has 1 aliphatic rings. The lowest BCUT2D eigenvalue weighted by molar-refractivity contribution is -0.111. The lowest BCUT2D eigenvalue weighted by Gasteiger charge is -2.36. The van der Waals surface area contributed by atoms with Crippen molar-refractivity contribution in [2.75, 3.05) is 11.9 Å². The minimum Gasteiger partial charge on any atom is -0.462 e. The van der Waals surface area contributed by atoms with E-state index in [0.29, 0.717) is 23.1 Å². The number of thiophene rings is 1. The van der Waals surface area contributed by atoms with Crippen LogP contribution in [0, 0.1) is 11.3 Å². The number of fused-ring (bicyclic) bond motifs is 1. The number of esters is 1. The number of hydrogen-bond acceptors (Lipinski definition) is 4. The summed E-state index contributed by atoms with van der Waals surface area (Å²) in [6, 6.07) is 0. The highest BCUT2D eigenvalue weighted by molar-refractivity contribution is 7.17. The van der Waals surface area contributed by atoms with E-state index in [9.17, 15) is 9.59 Å². The molecule has 1 aromatic rings. The first kappa shape index (κ1) is 19.7. The highest BCUT2D eigenvalue weighted by Gasteiger charge is 2.35. The predicted octanol–water partition coefficient (Wildman–Crippen LogP) is 4.98. The number of carbonyl (C=O) groups is 2. The van der Waals surface area contributed by atoms with Crippen molar-refractivity contribution in [2.45, 2.75) is 60.3 Å². The average molecular weight is 364 g/mol. The summed E-state index contributed by atoms with van der Waals surface area (Å²) in [4.78, 5) is 25.7. The second-order valence-electron chi connectivity index (χ2n) is 7.20. The van der Waals surface area contributed by atoms with Gasteiger partial charge in [0.15, 0.2) is 0 Å². The van der Waals surface area contributed by atoms with Crippen molar-refractivity contribution in [3.8, 4) is 0 Å². The molecule has 0 bridgehead atoms. The molecule has 1 aliphatic carbocycles. The first-order valence-corrected chi connectivity index (χ1v) is 9.91. The van der Waals surface area contributed by atoms with Crippen LogP contribution in [0.5, 0.6) is 0 Å². The van der Waals surface area contributed by atoms with Crippen LogP contribution in [0.15, 0.2) is 12.2 Å². The molecule has 1 heterocycles. The van der Waals surface area contributed by atoms with E-state index >= 15 is 0 Å². The molecule has 0 saturated carbocycles. The molecule has 1 aromatic heterocycles. The van der Waals surface area contributed by atoms with Gasteiger partial charge in [-0.25, -0.2) is 4.79 Å². The summed E-state index contributed by atoms with van der Waals surface area (Å²) in [6.07, 6.45) is 7.19. The SMILES string of the molecule is C/C=C/C(=O)Nc1sc2c(c1C(=O)OCC)CC[C@H](C(C)(C)CC)C2. The molecule has 1 N–H and O–H groups in total. The molecule has 0 saturated heterocycles. The van der Waals surface area contributed by atoms with Crippen molar-refractivity contribution in [3.05, 3.63) is 28.2 Å². The third kappa shape index (κ3) is 4.32. The van der Waals surface area contributed by atoms with E-state index < -0.39 is 0 Å². The molecule has 0 unspecified atom stereocenters. The molecule has 0 aromatic carbocycles. The Bertz CT molecular complexity index is 673. The molecule has 2 rings (SSSR count). The van der Waals surface area contributed by atoms with Crippen molar-refractivity contribution in [2.24, 2.45) is 11.3 Å². The molecule has 0 radical (unpaired) electrons. The second-order valence-corrected chi connectivity index (χ2v) is 8.30. The number of carbonyl (C=O) groups excluding carboxylic acids is 2. The van der Waals surface area contributed by atoms with Crippen LogP contribution < -0.4 is 5.32 Å². The van der Waals surface area contributed by atoms with Crippen LogP contribution in [0.4, 0.5) is 5.00 Å². The summed E-state index contributed by atoms with van der Waals surface area (Å²) in [5.74, 6) is 0.0545. The summed E-state index contributed by atoms with van der Waals surface area (Å²) in [5, 5.41) is 3.49. The summed E-state index contributed by atoms with van der Waals surface area (Å²) >= 11 is 1.53. The van der Waals surface area contributed by atoms with E-state index in [1.54, 1.807) is 19.9 Å². The molecule has 1 atom stereocenters. The van der Waals surface area contributed by atoms with Gasteiger partial charge in [0.25, 0.3) is 0 Å². The van der Waals surface area contributed by atoms with Gasteiger partial charge in [0.05, 0.1) is 12.2 Å². The quantitative estimate of drug-likeness (QED) is 0.573. The summed E-state index contributed by atoms with van der Waals surface area (Å²) < 4.78 is 5.25. The minimum absolute atomic E-state index is 0.211. The highest BCUT2D eigenvalue weighted by atomic mass is 32.1. The van der Waals surface area contributed by atoms with Gasteiger partial charge in [-0.3, -0.25) is 4.79 Å². The number of amides is 1. The van der Waals surface area contributed by atoms with Crippen molar-refractivity contribution in [1.82, 2.24) is 0 Å². The molecule has 0 spiro atoms. The second kappa shape index (κ2) is 8.17. The molecule has 0 fully saturated rings. The smallest absolute Gasteiger partial charge is 0.341 e. The van der Waals surface area contributed by atoms with E-state index in [4.69, 9.17) is 4.74 Å². The number of anilines is 1. The Morgan fingerprint density at radius 3 is 2.68 bits per heavy atom. The van der Waals surface area contributed by atoms with Crippen LogP contribution in [-0.2, 0) is 22.4 Å². The number of allylic oxidation sites excluding steroid dienone is 1. The van der Waals surface area contributed by atoms with E-state index in [-0.39, 0.29) is 17.3 Å². The normalized spacial score (nSPS) is 17.4. The maximum Gasteiger partial charge on any atom is 0.341 e. The minimum atomic E-state index is -0.330. The lowest BCUT2D eigenvalue weighted by Crippen LogP contribution is -2.28. The van der Waals surface area contributed by atoms with Crippen LogP contribution in [0.2, 0.25) is 0 Å². The van der Waals surface area contributed by atoms with Gasteiger partial charge in [-0.05, 0) is 56.1 Å². The Balaban J connectivity index is 2.38. The van der Waals surface area contributed by atoms with Crippen LogP contribution in [0.25, 0.3) is 0 Å². The van der Waals surface area contributed by atoms with Crippen LogP contribution in [0.1, 0.15) is 68.3 Å². The van der Waals surface area contributed by atoms with Crippen LogP contribution >= 0.6 is 11.3 Å². The van der Waals surface area contributed by atoms with Gasteiger partial charge in [-0.15, -0.1) is 11.3 Å². The average Bonchev–Trinajstić information content (AvgIpc) is 2.92. The van der Waals surface area contributed by atoms with E-state index in [0.717, 1.165) is 31.2 Å². The molecular weight excluding hydrogens is 334 g/mol. The van der Waals surface area contributed by atoms with E-state index in [1.807, 2.05) is 0 Å². The van der Waals surface area contributed by atoms with E-state index in [2.05, 4.69) is 26.1 Å². The van der Waals surface area contributed by atoms with Crippen molar-refractivity contribution in [3.63, 3.8) is 0 Å². The van der Waals surface area contributed by atoms with Gasteiger partial charge in [-0.2, -0.15) is 0 Å². The van der Waals surface area contributed by atoms with Crippen molar-refractivity contribution >= 4 is 28.2 Å². The maximum atomic E-state index is 12.5. The molecule has 138 valence electrons. The topological polar surface area (TPSA) is 55.4 Å². The fourth-order valence-corrected chi connectivity index (χ4v) is 4.67. The first-order chi connectivity index (χ1) is 11.8. The highest BCUT2D eigenvalue weighted by Crippen LogP contribution is 2.45. The van der Waals surface area contributed by atoms with Gasteiger partial charge in [0, 0.05) is 4.88 Å². The zero-order valence-electron chi connectivity index (χ0n) is 15.9. The molecular formula is C20H29NO3S. The van der Waals surface area contributed by atoms with Gasteiger partial charge >= 0.3 is 5.97 Å². The Morgan fingerprint density at radius 2 is 2.08 bits per heavy atom. The van der Waals surface area contributed by atoms with E-state index in [1.165, 1.54) is 22.3 Å².